The van der Waals surface area contributed by atoms with Crippen LogP contribution in [0.1, 0.15) is 49.7 Å². The van der Waals surface area contributed by atoms with Gasteiger partial charge in [0.05, 0.1) is 37.4 Å². The van der Waals surface area contributed by atoms with Gasteiger partial charge in [-0.05, 0) is 65.0 Å². The SMILES string of the molecule is CCOC(=O)[C@@H]1CN(C)CC[C@H]1c1cnn(C)c1.CCOC(=O)[C@H]1CN(C)CC[C@@H]1c1cnn(C)c1. The fourth-order valence-corrected chi connectivity index (χ4v) is 5.27. The maximum atomic E-state index is 12.1. The van der Waals surface area contributed by atoms with Gasteiger partial charge in [0.15, 0.2) is 0 Å². The van der Waals surface area contributed by atoms with Gasteiger partial charge in [-0.3, -0.25) is 19.0 Å². The maximum Gasteiger partial charge on any atom is 0.310 e. The number of rotatable bonds is 6. The molecule has 0 unspecified atom stereocenters. The average Bonchev–Trinajstić information content (AvgIpc) is 3.48. The molecule has 0 aliphatic carbocycles. The third-order valence-electron chi connectivity index (χ3n) is 7.12. The first kappa shape index (κ1) is 27.9. The van der Waals surface area contributed by atoms with Crippen molar-refractivity contribution in [2.24, 2.45) is 25.9 Å². The summed E-state index contributed by atoms with van der Waals surface area (Å²) in [5, 5.41) is 8.40. The zero-order chi connectivity index (χ0) is 26.2. The van der Waals surface area contributed by atoms with Crippen LogP contribution < -0.4 is 0 Å². The standard InChI is InChI=1S/2C13H21N3O2/c2*1-4-18-13(17)12-9-15(2)6-5-11(12)10-7-14-16(3)8-10/h2*7-8,11-12H,4-6,9H2,1-3H3/t2*11-,12+/m10/s1. The van der Waals surface area contributed by atoms with Crippen LogP contribution in [0.25, 0.3) is 0 Å². The van der Waals surface area contributed by atoms with Crippen molar-refractivity contribution in [2.45, 2.75) is 38.5 Å². The van der Waals surface area contributed by atoms with Crippen LogP contribution in [-0.4, -0.2) is 94.8 Å². The number of likely N-dealkylation sites (tertiary alicyclic amines) is 2. The van der Waals surface area contributed by atoms with Crippen LogP contribution in [0.5, 0.6) is 0 Å². The molecule has 200 valence electrons. The Balaban J connectivity index is 0.000000201. The number of carbonyl (C=O) groups is 2. The van der Waals surface area contributed by atoms with Gasteiger partial charge in [0.1, 0.15) is 0 Å². The van der Waals surface area contributed by atoms with Gasteiger partial charge in [-0.25, -0.2) is 0 Å². The third-order valence-corrected chi connectivity index (χ3v) is 7.12. The summed E-state index contributed by atoms with van der Waals surface area (Å²) in [5.41, 5.74) is 2.28. The van der Waals surface area contributed by atoms with Crippen molar-refractivity contribution in [3.8, 4) is 0 Å². The second-order valence-electron chi connectivity index (χ2n) is 9.93. The molecule has 0 aromatic carbocycles. The highest BCUT2D eigenvalue weighted by Crippen LogP contribution is 2.34. The Hall–Kier alpha value is -2.72. The number of carbonyl (C=O) groups excluding carboxylic acids is 2. The van der Waals surface area contributed by atoms with Crippen molar-refractivity contribution in [3.63, 3.8) is 0 Å². The first-order valence-electron chi connectivity index (χ1n) is 12.9. The van der Waals surface area contributed by atoms with E-state index in [1.54, 1.807) is 9.36 Å². The normalized spacial score (nSPS) is 25.1. The second-order valence-corrected chi connectivity index (χ2v) is 9.93. The molecule has 0 bridgehead atoms. The van der Waals surface area contributed by atoms with Crippen molar-refractivity contribution in [2.75, 3.05) is 53.5 Å². The van der Waals surface area contributed by atoms with Gasteiger partial charge in [0.25, 0.3) is 0 Å². The molecule has 2 aromatic heterocycles. The lowest BCUT2D eigenvalue weighted by Gasteiger charge is -2.34. The molecule has 10 nitrogen and oxygen atoms in total. The van der Waals surface area contributed by atoms with Crippen LogP contribution in [0.4, 0.5) is 0 Å². The van der Waals surface area contributed by atoms with Crippen LogP contribution in [-0.2, 0) is 33.2 Å². The van der Waals surface area contributed by atoms with E-state index in [4.69, 9.17) is 9.47 Å². The minimum Gasteiger partial charge on any atom is -0.466 e. The van der Waals surface area contributed by atoms with Crippen LogP contribution in [0.3, 0.4) is 0 Å². The lowest BCUT2D eigenvalue weighted by molar-refractivity contribution is -0.151. The van der Waals surface area contributed by atoms with E-state index in [2.05, 4.69) is 20.0 Å². The van der Waals surface area contributed by atoms with Gasteiger partial charge in [-0.2, -0.15) is 10.2 Å². The Morgan fingerprint density at radius 1 is 0.778 bits per heavy atom. The van der Waals surface area contributed by atoms with E-state index in [9.17, 15) is 9.59 Å². The topological polar surface area (TPSA) is 94.7 Å². The molecule has 0 N–H and O–H groups in total. The summed E-state index contributed by atoms with van der Waals surface area (Å²) in [7, 11) is 7.90. The molecule has 0 radical (unpaired) electrons. The van der Waals surface area contributed by atoms with E-state index < -0.39 is 0 Å². The number of hydrogen-bond acceptors (Lipinski definition) is 8. The molecule has 0 spiro atoms. The van der Waals surface area contributed by atoms with Gasteiger partial charge in [0, 0.05) is 51.4 Å². The third kappa shape index (κ3) is 7.16. The number of piperidine rings is 2. The molecule has 2 aromatic rings. The molecule has 2 aliphatic rings. The van der Waals surface area contributed by atoms with E-state index >= 15 is 0 Å². The van der Waals surface area contributed by atoms with Crippen molar-refractivity contribution in [3.05, 3.63) is 35.9 Å². The van der Waals surface area contributed by atoms with E-state index in [1.165, 1.54) is 0 Å². The van der Waals surface area contributed by atoms with Crippen molar-refractivity contribution >= 4 is 11.9 Å². The predicted octanol–water partition coefficient (Wildman–Crippen LogP) is 2.04. The van der Waals surface area contributed by atoms with Crippen LogP contribution in [0.15, 0.2) is 24.8 Å². The molecule has 2 fully saturated rings. The highest BCUT2D eigenvalue weighted by atomic mass is 16.5. The molecular weight excluding hydrogens is 460 g/mol. The van der Waals surface area contributed by atoms with Gasteiger partial charge < -0.3 is 19.3 Å². The van der Waals surface area contributed by atoms with Crippen LogP contribution in [0, 0.1) is 11.8 Å². The molecule has 4 rings (SSSR count). The average molecular weight is 503 g/mol. The summed E-state index contributed by atoms with van der Waals surface area (Å²) < 4.78 is 14.0. The lowest BCUT2D eigenvalue weighted by Crippen LogP contribution is -2.41. The molecule has 0 amide bonds. The zero-order valence-corrected chi connectivity index (χ0v) is 22.6. The van der Waals surface area contributed by atoms with Gasteiger partial charge in [0.2, 0.25) is 0 Å². The number of esters is 2. The summed E-state index contributed by atoms with van der Waals surface area (Å²) in [6.45, 7) is 8.13. The van der Waals surface area contributed by atoms with E-state index in [-0.39, 0.29) is 35.6 Å². The Morgan fingerprint density at radius 2 is 1.17 bits per heavy atom. The number of aryl methyl sites for hydroxylation is 2. The highest BCUT2D eigenvalue weighted by molar-refractivity contribution is 5.74. The first-order valence-corrected chi connectivity index (χ1v) is 12.9. The van der Waals surface area contributed by atoms with Crippen LogP contribution >= 0.6 is 0 Å². The largest absolute Gasteiger partial charge is 0.466 e. The number of nitrogens with zero attached hydrogens (tertiary/aromatic N) is 6. The summed E-state index contributed by atoms with van der Waals surface area (Å²) in [6, 6.07) is 0. The Labute approximate surface area is 214 Å². The van der Waals surface area contributed by atoms with Crippen molar-refractivity contribution in [1.29, 1.82) is 0 Å². The first-order chi connectivity index (χ1) is 17.2. The molecule has 2 aliphatic heterocycles. The van der Waals surface area contributed by atoms with Crippen molar-refractivity contribution < 1.29 is 19.1 Å². The number of aromatic nitrogens is 4. The van der Waals surface area contributed by atoms with E-state index in [0.717, 1.165) is 50.1 Å². The number of hydrogen-bond donors (Lipinski definition) is 0. The summed E-state index contributed by atoms with van der Waals surface area (Å²) >= 11 is 0. The quantitative estimate of drug-likeness (QED) is 0.554. The van der Waals surface area contributed by atoms with Gasteiger partial charge in [-0.15, -0.1) is 0 Å². The minimum absolute atomic E-state index is 0.0760. The maximum absolute atomic E-state index is 12.1. The molecule has 4 heterocycles. The van der Waals surface area contributed by atoms with E-state index in [1.807, 2.05) is 66.8 Å². The summed E-state index contributed by atoms with van der Waals surface area (Å²) in [5.74, 6) is 0.138. The van der Waals surface area contributed by atoms with Gasteiger partial charge >= 0.3 is 11.9 Å². The fourth-order valence-electron chi connectivity index (χ4n) is 5.27. The molecule has 36 heavy (non-hydrogen) atoms. The molecule has 0 saturated carbocycles. The Kier molecular flexibility index (Phi) is 10.1. The molecule has 2 saturated heterocycles. The molecular formula is C26H42N6O4. The smallest absolute Gasteiger partial charge is 0.310 e. The molecule has 10 heteroatoms. The zero-order valence-electron chi connectivity index (χ0n) is 22.6. The van der Waals surface area contributed by atoms with Crippen LogP contribution in [0.2, 0.25) is 0 Å². The summed E-state index contributed by atoms with van der Waals surface area (Å²) in [6.07, 6.45) is 9.69. The minimum atomic E-state index is -0.0853. The van der Waals surface area contributed by atoms with Crippen molar-refractivity contribution in [1.82, 2.24) is 29.4 Å². The highest BCUT2D eigenvalue weighted by Gasteiger charge is 2.36. The second kappa shape index (κ2) is 13.0. The molecule has 4 atom stereocenters. The Morgan fingerprint density at radius 3 is 1.47 bits per heavy atom. The van der Waals surface area contributed by atoms with E-state index in [0.29, 0.717) is 13.2 Å². The monoisotopic (exact) mass is 502 g/mol. The Bertz CT molecular complexity index is 910. The lowest BCUT2D eigenvalue weighted by atomic mass is 9.82. The predicted molar refractivity (Wildman–Crippen MR) is 136 cm³/mol. The van der Waals surface area contributed by atoms with Gasteiger partial charge in [-0.1, -0.05) is 0 Å². The number of ether oxygens (including phenoxy) is 2. The fraction of sp³-hybridized carbons (Fsp3) is 0.692. The summed E-state index contributed by atoms with van der Waals surface area (Å²) in [4.78, 5) is 28.5.